The van der Waals surface area contributed by atoms with Crippen LogP contribution in [0.25, 0.3) is 11.1 Å². The Bertz CT molecular complexity index is 939. The van der Waals surface area contributed by atoms with E-state index in [1.165, 1.54) is 0 Å². The van der Waals surface area contributed by atoms with Crippen molar-refractivity contribution in [1.29, 1.82) is 0 Å². The predicted octanol–water partition coefficient (Wildman–Crippen LogP) is 3.27. The molecule has 30 heavy (non-hydrogen) atoms. The standard InChI is InChI=1S/C23H27N3O4/c1-23(2,3)30-22(28)25-11-12-29-19(15-25)21(27)26-10-9-17-13-18(14-24-20(17)26)16-7-5-4-6-8-16/h4-8,13-14,19H,9-12,15H2,1-3H3. The maximum Gasteiger partial charge on any atom is 0.410 e. The molecule has 2 aliphatic heterocycles. The van der Waals surface area contributed by atoms with E-state index in [-0.39, 0.29) is 12.5 Å². The molecule has 1 saturated heterocycles. The van der Waals surface area contributed by atoms with Gasteiger partial charge in [0.1, 0.15) is 11.4 Å². The summed E-state index contributed by atoms with van der Waals surface area (Å²) in [7, 11) is 0. The van der Waals surface area contributed by atoms with E-state index >= 15 is 0 Å². The van der Waals surface area contributed by atoms with Gasteiger partial charge in [-0.3, -0.25) is 9.69 Å². The van der Waals surface area contributed by atoms with Crippen molar-refractivity contribution in [2.45, 2.75) is 38.9 Å². The number of amides is 2. The highest BCUT2D eigenvalue weighted by Crippen LogP contribution is 2.31. The molecule has 7 nitrogen and oxygen atoms in total. The van der Waals surface area contributed by atoms with Gasteiger partial charge in [0.15, 0.2) is 6.10 Å². The quantitative estimate of drug-likeness (QED) is 0.761. The van der Waals surface area contributed by atoms with Gasteiger partial charge < -0.3 is 14.4 Å². The third-order valence-corrected chi connectivity index (χ3v) is 5.17. The summed E-state index contributed by atoms with van der Waals surface area (Å²) >= 11 is 0. The average molecular weight is 409 g/mol. The number of pyridine rings is 1. The van der Waals surface area contributed by atoms with E-state index in [0.717, 1.165) is 23.1 Å². The number of hydrogen-bond acceptors (Lipinski definition) is 5. The Balaban J connectivity index is 1.47. The largest absolute Gasteiger partial charge is 0.444 e. The van der Waals surface area contributed by atoms with Crippen LogP contribution in [0.5, 0.6) is 0 Å². The maximum absolute atomic E-state index is 13.2. The van der Waals surface area contributed by atoms with Crippen LogP contribution >= 0.6 is 0 Å². The lowest BCUT2D eigenvalue weighted by molar-refractivity contribution is -0.135. The molecule has 3 heterocycles. The molecule has 7 heteroatoms. The van der Waals surface area contributed by atoms with E-state index in [1.807, 2.05) is 51.1 Å². The molecule has 2 amide bonds. The number of nitrogens with zero attached hydrogens (tertiary/aromatic N) is 3. The van der Waals surface area contributed by atoms with Crippen LogP contribution in [0.3, 0.4) is 0 Å². The fraction of sp³-hybridized carbons (Fsp3) is 0.435. The monoisotopic (exact) mass is 409 g/mol. The molecule has 1 aromatic carbocycles. The third kappa shape index (κ3) is 4.31. The molecular formula is C23H27N3O4. The summed E-state index contributed by atoms with van der Waals surface area (Å²) in [6.45, 7) is 6.93. The summed E-state index contributed by atoms with van der Waals surface area (Å²) in [6, 6.07) is 12.2. The summed E-state index contributed by atoms with van der Waals surface area (Å²) in [4.78, 5) is 33.3. The molecule has 0 N–H and O–H groups in total. The van der Waals surface area contributed by atoms with Crippen LogP contribution in [0.1, 0.15) is 26.3 Å². The Labute approximate surface area is 176 Å². The van der Waals surface area contributed by atoms with Crippen molar-refractivity contribution >= 4 is 17.8 Å². The lowest BCUT2D eigenvalue weighted by Gasteiger charge is -2.34. The minimum absolute atomic E-state index is 0.165. The Morgan fingerprint density at radius 1 is 1.13 bits per heavy atom. The fourth-order valence-corrected chi connectivity index (χ4v) is 3.74. The van der Waals surface area contributed by atoms with Crippen molar-refractivity contribution in [3.8, 4) is 11.1 Å². The molecule has 0 aliphatic carbocycles. The Kier molecular flexibility index (Phi) is 5.47. The molecule has 0 radical (unpaired) electrons. The number of fused-ring (bicyclic) bond motifs is 1. The molecule has 1 fully saturated rings. The smallest absolute Gasteiger partial charge is 0.410 e. The van der Waals surface area contributed by atoms with Crippen molar-refractivity contribution in [3.63, 3.8) is 0 Å². The summed E-state index contributed by atoms with van der Waals surface area (Å²) in [5.41, 5.74) is 2.60. The number of rotatable bonds is 2. The van der Waals surface area contributed by atoms with Crippen LogP contribution in [0.15, 0.2) is 42.6 Å². The molecule has 1 aromatic heterocycles. The van der Waals surface area contributed by atoms with Crippen LogP contribution in [0.2, 0.25) is 0 Å². The molecule has 0 spiro atoms. The van der Waals surface area contributed by atoms with Gasteiger partial charge >= 0.3 is 6.09 Å². The van der Waals surface area contributed by atoms with Crippen molar-refractivity contribution in [1.82, 2.24) is 9.88 Å². The molecule has 1 unspecified atom stereocenters. The topological polar surface area (TPSA) is 72.0 Å². The Hall–Kier alpha value is -2.93. The van der Waals surface area contributed by atoms with Gasteiger partial charge in [-0.05, 0) is 44.4 Å². The van der Waals surface area contributed by atoms with Gasteiger partial charge in [0.05, 0.1) is 13.2 Å². The van der Waals surface area contributed by atoms with Gasteiger partial charge in [0.25, 0.3) is 5.91 Å². The molecule has 0 saturated carbocycles. The first-order valence-electron chi connectivity index (χ1n) is 10.3. The van der Waals surface area contributed by atoms with Gasteiger partial charge in [-0.2, -0.15) is 0 Å². The van der Waals surface area contributed by atoms with Crippen LogP contribution in [0, 0.1) is 0 Å². The van der Waals surface area contributed by atoms with Crippen LogP contribution in [-0.2, 0) is 20.7 Å². The van der Waals surface area contributed by atoms with Crippen LogP contribution in [-0.4, -0.2) is 59.8 Å². The average Bonchev–Trinajstić information content (AvgIpc) is 3.16. The SMILES string of the molecule is CC(C)(C)OC(=O)N1CCOC(C(=O)N2CCc3cc(-c4ccccc4)cnc32)C1. The first-order valence-corrected chi connectivity index (χ1v) is 10.3. The molecule has 0 bridgehead atoms. The van der Waals surface area contributed by atoms with E-state index in [9.17, 15) is 9.59 Å². The summed E-state index contributed by atoms with van der Waals surface area (Å²) in [5, 5.41) is 0. The third-order valence-electron chi connectivity index (χ3n) is 5.17. The lowest BCUT2D eigenvalue weighted by atomic mass is 10.1. The van der Waals surface area contributed by atoms with E-state index < -0.39 is 17.8 Å². The van der Waals surface area contributed by atoms with Crippen LogP contribution in [0.4, 0.5) is 10.6 Å². The number of morpholine rings is 1. The summed E-state index contributed by atoms with van der Waals surface area (Å²) in [5.74, 6) is 0.514. The maximum atomic E-state index is 13.2. The second kappa shape index (κ2) is 8.07. The van der Waals surface area contributed by atoms with Crippen molar-refractivity contribution < 1.29 is 19.1 Å². The lowest BCUT2D eigenvalue weighted by Crippen LogP contribution is -2.53. The van der Waals surface area contributed by atoms with Crippen LogP contribution < -0.4 is 4.90 Å². The minimum Gasteiger partial charge on any atom is -0.444 e. The van der Waals surface area contributed by atoms with E-state index in [0.29, 0.717) is 25.5 Å². The molecule has 2 aromatic rings. The summed E-state index contributed by atoms with van der Waals surface area (Å²) in [6.07, 6.45) is 1.41. The van der Waals surface area contributed by atoms with Gasteiger partial charge in [-0.15, -0.1) is 0 Å². The zero-order valence-corrected chi connectivity index (χ0v) is 17.6. The molecule has 2 aliphatic rings. The summed E-state index contributed by atoms with van der Waals surface area (Å²) < 4.78 is 11.1. The molecule has 1 atom stereocenters. The zero-order valence-electron chi connectivity index (χ0n) is 17.6. The first kappa shape index (κ1) is 20.3. The number of hydrogen-bond donors (Lipinski definition) is 0. The highest BCUT2D eigenvalue weighted by Gasteiger charge is 2.37. The van der Waals surface area contributed by atoms with Gasteiger partial charge in [-0.1, -0.05) is 30.3 Å². The number of ether oxygens (including phenoxy) is 2. The Morgan fingerprint density at radius 2 is 1.90 bits per heavy atom. The zero-order chi connectivity index (χ0) is 21.3. The molecular weight excluding hydrogens is 382 g/mol. The Morgan fingerprint density at radius 3 is 2.63 bits per heavy atom. The van der Waals surface area contributed by atoms with Gasteiger partial charge in [-0.25, -0.2) is 9.78 Å². The second-order valence-electron chi connectivity index (χ2n) is 8.60. The van der Waals surface area contributed by atoms with Gasteiger partial charge in [0, 0.05) is 24.8 Å². The normalized spacial score (nSPS) is 18.8. The molecule has 4 rings (SSSR count). The highest BCUT2D eigenvalue weighted by atomic mass is 16.6. The van der Waals surface area contributed by atoms with E-state index in [2.05, 4.69) is 11.1 Å². The number of anilines is 1. The van der Waals surface area contributed by atoms with E-state index in [1.54, 1.807) is 16.0 Å². The molecule has 158 valence electrons. The number of carbonyl (C=O) groups excluding carboxylic acids is 2. The number of benzene rings is 1. The first-order chi connectivity index (χ1) is 14.3. The van der Waals surface area contributed by atoms with E-state index in [4.69, 9.17) is 9.47 Å². The highest BCUT2D eigenvalue weighted by molar-refractivity contribution is 5.98. The fourth-order valence-electron chi connectivity index (χ4n) is 3.74. The predicted molar refractivity (Wildman–Crippen MR) is 113 cm³/mol. The van der Waals surface area contributed by atoms with Crippen molar-refractivity contribution in [2.75, 3.05) is 31.1 Å². The van der Waals surface area contributed by atoms with Gasteiger partial charge in [0.2, 0.25) is 0 Å². The number of carbonyl (C=O) groups is 2. The number of aromatic nitrogens is 1. The minimum atomic E-state index is -0.715. The van der Waals surface area contributed by atoms with Crippen molar-refractivity contribution in [3.05, 3.63) is 48.2 Å². The second-order valence-corrected chi connectivity index (χ2v) is 8.60. The van der Waals surface area contributed by atoms with Crippen molar-refractivity contribution in [2.24, 2.45) is 0 Å².